The van der Waals surface area contributed by atoms with Crippen molar-refractivity contribution in [1.29, 1.82) is 0 Å². The third-order valence-corrected chi connectivity index (χ3v) is 4.53. The first-order chi connectivity index (χ1) is 7.52. The van der Waals surface area contributed by atoms with E-state index < -0.39 is 10.8 Å². The molecule has 0 fully saturated rings. The quantitative estimate of drug-likeness (QED) is 0.904. The van der Waals surface area contributed by atoms with Gasteiger partial charge in [0, 0.05) is 32.1 Å². The van der Waals surface area contributed by atoms with Crippen molar-refractivity contribution in [3.8, 4) is 0 Å². The van der Waals surface area contributed by atoms with E-state index in [1.807, 2.05) is 25.1 Å². The highest BCUT2D eigenvalue weighted by Gasteiger charge is 2.09. The Hall–Kier alpha value is 0.1000. The average Bonchev–Trinajstić information content (AvgIpc) is 2.22. The van der Waals surface area contributed by atoms with E-state index in [9.17, 15) is 4.21 Å². The molecule has 1 aromatic carbocycles. The number of hydrogen-bond acceptors (Lipinski definition) is 2. The predicted molar refractivity (Wildman–Crippen MR) is 74.1 cm³/mol. The third-order valence-electron chi connectivity index (χ3n) is 2.26. The largest absolute Gasteiger partial charge is 0.327 e. The van der Waals surface area contributed by atoms with E-state index >= 15 is 0 Å². The van der Waals surface area contributed by atoms with Gasteiger partial charge in [-0.3, -0.25) is 4.21 Å². The second-order valence-electron chi connectivity index (χ2n) is 3.65. The molecule has 5 heteroatoms. The van der Waals surface area contributed by atoms with Gasteiger partial charge < -0.3 is 5.73 Å². The molecule has 0 aliphatic carbocycles. The van der Waals surface area contributed by atoms with Crippen LogP contribution >= 0.6 is 27.5 Å². The fourth-order valence-corrected chi connectivity index (χ4v) is 3.48. The van der Waals surface area contributed by atoms with Gasteiger partial charge in [-0.15, -0.1) is 0 Å². The van der Waals surface area contributed by atoms with Crippen LogP contribution in [0.2, 0.25) is 5.02 Å². The summed E-state index contributed by atoms with van der Waals surface area (Å²) in [6, 6.07) is 5.61. The van der Waals surface area contributed by atoms with E-state index in [4.69, 9.17) is 17.3 Å². The molecule has 1 aromatic rings. The molecule has 2 N–H and O–H groups in total. The summed E-state index contributed by atoms with van der Waals surface area (Å²) in [5.41, 5.74) is 6.66. The molecule has 16 heavy (non-hydrogen) atoms. The van der Waals surface area contributed by atoms with Crippen molar-refractivity contribution in [3.05, 3.63) is 33.3 Å². The monoisotopic (exact) mass is 323 g/mol. The minimum atomic E-state index is -0.943. The molecular formula is C11H15BrClNOS. The first-order valence-corrected chi connectivity index (χ1v) is 7.73. The fraction of sp³-hybridized carbons (Fsp3) is 0.455. The maximum atomic E-state index is 11.8. The number of benzene rings is 1. The lowest BCUT2D eigenvalue weighted by molar-refractivity contribution is 0.663. The molecule has 0 aliphatic rings. The molecule has 2 unspecified atom stereocenters. The molecular weight excluding hydrogens is 310 g/mol. The Bertz CT molecular complexity index is 386. The number of rotatable bonds is 5. The number of hydrogen-bond donors (Lipinski definition) is 1. The average molecular weight is 325 g/mol. The SMILES string of the molecule is CCC(N)CS(=O)Cc1ccc(Br)cc1Cl. The summed E-state index contributed by atoms with van der Waals surface area (Å²) in [5.74, 6) is 1.00. The molecule has 0 saturated heterocycles. The Morgan fingerprint density at radius 1 is 1.56 bits per heavy atom. The number of halogens is 2. The third kappa shape index (κ3) is 4.53. The second-order valence-corrected chi connectivity index (χ2v) is 6.48. The summed E-state index contributed by atoms with van der Waals surface area (Å²) < 4.78 is 12.7. The molecule has 90 valence electrons. The lowest BCUT2D eigenvalue weighted by atomic mass is 10.2. The molecule has 0 bridgehead atoms. The van der Waals surface area contributed by atoms with Crippen LogP contribution in [-0.2, 0) is 16.6 Å². The zero-order valence-corrected chi connectivity index (χ0v) is 12.2. The Labute approximate surface area is 112 Å². The Morgan fingerprint density at radius 3 is 2.81 bits per heavy atom. The normalized spacial score (nSPS) is 14.8. The maximum Gasteiger partial charge on any atom is 0.0501 e. The summed E-state index contributed by atoms with van der Waals surface area (Å²) in [7, 11) is -0.943. The first-order valence-electron chi connectivity index (χ1n) is 5.07. The fourth-order valence-electron chi connectivity index (χ4n) is 1.23. The van der Waals surface area contributed by atoms with Crippen LogP contribution in [0.5, 0.6) is 0 Å². The predicted octanol–water partition coefficient (Wildman–Crippen LogP) is 3.09. The van der Waals surface area contributed by atoms with E-state index in [1.165, 1.54) is 0 Å². The minimum absolute atomic E-state index is 0.00931. The summed E-state index contributed by atoms with van der Waals surface area (Å²) in [6.45, 7) is 1.99. The van der Waals surface area contributed by atoms with Gasteiger partial charge in [-0.05, 0) is 24.1 Å². The van der Waals surface area contributed by atoms with Crippen molar-refractivity contribution in [2.24, 2.45) is 5.73 Å². The van der Waals surface area contributed by atoms with Gasteiger partial charge in [0.2, 0.25) is 0 Å². The van der Waals surface area contributed by atoms with Gasteiger partial charge in [-0.2, -0.15) is 0 Å². The Morgan fingerprint density at radius 2 is 2.25 bits per heavy atom. The van der Waals surface area contributed by atoms with Crippen LogP contribution in [0.3, 0.4) is 0 Å². The van der Waals surface area contributed by atoms with Crippen molar-refractivity contribution < 1.29 is 4.21 Å². The standard InChI is InChI=1S/C11H15BrClNOS/c1-2-10(14)7-16(15)6-8-3-4-9(12)5-11(8)13/h3-5,10H,2,6-7,14H2,1H3. The van der Waals surface area contributed by atoms with Crippen molar-refractivity contribution in [2.75, 3.05) is 5.75 Å². The molecule has 2 nitrogen and oxygen atoms in total. The highest BCUT2D eigenvalue weighted by Crippen LogP contribution is 2.22. The zero-order chi connectivity index (χ0) is 12.1. The van der Waals surface area contributed by atoms with Crippen LogP contribution in [0.1, 0.15) is 18.9 Å². The van der Waals surface area contributed by atoms with E-state index in [-0.39, 0.29) is 6.04 Å². The minimum Gasteiger partial charge on any atom is -0.327 e. The van der Waals surface area contributed by atoms with E-state index in [0.717, 1.165) is 16.5 Å². The highest BCUT2D eigenvalue weighted by molar-refractivity contribution is 9.10. The van der Waals surface area contributed by atoms with Crippen LogP contribution in [0.15, 0.2) is 22.7 Å². The first kappa shape index (κ1) is 14.2. The van der Waals surface area contributed by atoms with Crippen molar-refractivity contribution in [3.63, 3.8) is 0 Å². The molecule has 0 aromatic heterocycles. The lowest BCUT2D eigenvalue weighted by Gasteiger charge is -2.09. The van der Waals surface area contributed by atoms with Gasteiger partial charge in [0.05, 0.1) is 5.75 Å². The maximum absolute atomic E-state index is 11.8. The van der Waals surface area contributed by atoms with Gasteiger partial charge in [0.15, 0.2) is 0 Å². The molecule has 0 aliphatic heterocycles. The Kier molecular flexibility index (Phi) is 5.97. The van der Waals surface area contributed by atoms with Gasteiger partial charge in [-0.1, -0.05) is 40.5 Å². The smallest absolute Gasteiger partial charge is 0.0501 e. The topological polar surface area (TPSA) is 43.1 Å². The van der Waals surface area contributed by atoms with E-state index in [2.05, 4.69) is 15.9 Å². The molecule has 1 rings (SSSR count). The lowest BCUT2D eigenvalue weighted by Crippen LogP contribution is -2.26. The summed E-state index contributed by atoms with van der Waals surface area (Å²) in [6.07, 6.45) is 0.847. The summed E-state index contributed by atoms with van der Waals surface area (Å²) >= 11 is 9.38. The van der Waals surface area contributed by atoms with Crippen molar-refractivity contribution in [1.82, 2.24) is 0 Å². The van der Waals surface area contributed by atoms with Gasteiger partial charge in [0.25, 0.3) is 0 Å². The molecule has 2 atom stereocenters. The Balaban J connectivity index is 2.63. The van der Waals surface area contributed by atoms with Crippen LogP contribution in [0, 0.1) is 0 Å². The van der Waals surface area contributed by atoms with Crippen LogP contribution in [0.4, 0.5) is 0 Å². The summed E-state index contributed by atoms with van der Waals surface area (Å²) in [5, 5.41) is 0.646. The van der Waals surface area contributed by atoms with Gasteiger partial charge in [-0.25, -0.2) is 0 Å². The van der Waals surface area contributed by atoms with E-state index in [0.29, 0.717) is 16.5 Å². The summed E-state index contributed by atoms with van der Waals surface area (Å²) in [4.78, 5) is 0. The van der Waals surface area contributed by atoms with Crippen LogP contribution in [-0.4, -0.2) is 16.0 Å². The number of nitrogens with two attached hydrogens (primary N) is 1. The van der Waals surface area contributed by atoms with Crippen molar-refractivity contribution >= 4 is 38.3 Å². The molecule has 0 amide bonds. The van der Waals surface area contributed by atoms with Crippen molar-refractivity contribution in [2.45, 2.75) is 25.1 Å². The van der Waals surface area contributed by atoms with Gasteiger partial charge in [0.1, 0.15) is 0 Å². The van der Waals surface area contributed by atoms with E-state index in [1.54, 1.807) is 0 Å². The molecule has 0 saturated carbocycles. The van der Waals surface area contributed by atoms with Crippen LogP contribution < -0.4 is 5.73 Å². The second kappa shape index (κ2) is 6.74. The molecule has 0 heterocycles. The zero-order valence-electron chi connectivity index (χ0n) is 9.08. The van der Waals surface area contributed by atoms with Gasteiger partial charge >= 0.3 is 0 Å². The highest BCUT2D eigenvalue weighted by atomic mass is 79.9. The molecule has 0 spiro atoms. The van der Waals surface area contributed by atoms with Crippen LogP contribution in [0.25, 0.3) is 0 Å². The molecule has 0 radical (unpaired) electrons.